The van der Waals surface area contributed by atoms with Crippen LogP contribution >= 0.6 is 20.0 Å². The Morgan fingerprint density at radius 2 is 0.700 bits per heavy atom. The summed E-state index contributed by atoms with van der Waals surface area (Å²) in [4.78, 5) is 0. The van der Waals surface area contributed by atoms with Crippen molar-refractivity contribution in [3.05, 3.63) is 0 Å². The second-order valence-electron chi connectivity index (χ2n) is 5.45. The van der Waals surface area contributed by atoms with E-state index in [-0.39, 0.29) is 0 Å². The van der Waals surface area contributed by atoms with Crippen molar-refractivity contribution in [3.8, 4) is 0 Å². The number of rotatable bonds is 12. The first-order valence-electron chi connectivity index (χ1n) is 8.62. The molecule has 122 valence electrons. The van der Waals surface area contributed by atoms with E-state index in [1.807, 2.05) is 0 Å². The summed E-state index contributed by atoms with van der Waals surface area (Å²) in [5, 5.41) is 5.49. The first kappa shape index (κ1) is 23.9. The van der Waals surface area contributed by atoms with Crippen molar-refractivity contribution in [3.63, 3.8) is 0 Å². The van der Waals surface area contributed by atoms with Gasteiger partial charge in [-0.1, -0.05) is 0 Å². The molecular formula is C16H36Cl2Ge2. The SMILES string of the molecule is CCC[CH2][Ge]([Cl])[CH2]CCC.CCC[CH2][Ge]([Cl])[CH2]CCC. The molecule has 0 saturated carbocycles. The van der Waals surface area contributed by atoms with Gasteiger partial charge in [0.1, 0.15) is 0 Å². The minimum atomic E-state index is -1.01. The Hall–Kier alpha value is 1.67. The van der Waals surface area contributed by atoms with Crippen molar-refractivity contribution in [1.82, 2.24) is 0 Å². The summed E-state index contributed by atoms with van der Waals surface area (Å²) < 4.78 is 0. The van der Waals surface area contributed by atoms with Gasteiger partial charge in [0.15, 0.2) is 0 Å². The van der Waals surface area contributed by atoms with Gasteiger partial charge in [0, 0.05) is 0 Å². The number of halogens is 2. The van der Waals surface area contributed by atoms with Gasteiger partial charge in [0.2, 0.25) is 0 Å². The van der Waals surface area contributed by atoms with E-state index in [2.05, 4.69) is 27.7 Å². The summed E-state index contributed by atoms with van der Waals surface area (Å²) >= 11 is -2.01. The molecule has 0 aromatic heterocycles. The number of hydrogen-bond donors (Lipinski definition) is 0. The maximum absolute atomic E-state index is 6.21. The van der Waals surface area contributed by atoms with Gasteiger partial charge in [-0.15, -0.1) is 0 Å². The second kappa shape index (κ2) is 20.7. The summed E-state index contributed by atoms with van der Waals surface area (Å²) in [6, 6.07) is 0. The predicted molar refractivity (Wildman–Crippen MR) is 102 cm³/mol. The zero-order valence-corrected chi connectivity index (χ0v) is 19.9. The molecule has 0 rings (SSSR count). The van der Waals surface area contributed by atoms with Crippen molar-refractivity contribution in [2.24, 2.45) is 0 Å². The monoisotopic (exact) mass is 446 g/mol. The molecule has 0 spiro atoms. The van der Waals surface area contributed by atoms with Gasteiger partial charge in [-0.05, 0) is 0 Å². The summed E-state index contributed by atoms with van der Waals surface area (Å²) in [5.41, 5.74) is 0. The van der Waals surface area contributed by atoms with Crippen molar-refractivity contribution < 1.29 is 0 Å². The summed E-state index contributed by atoms with van der Waals surface area (Å²) in [5.74, 6) is 0. The van der Waals surface area contributed by atoms with E-state index in [0.29, 0.717) is 0 Å². The third-order valence-corrected chi connectivity index (χ3v) is 14.7. The Labute approximate surface area is 146 Å². The van der Waals surface area contributed by atoms with Gasteiger partial charge in [-0.2, -0.15) is 0 Å². The Morgan fingerprint density at radius 3 is 0.850 bits per heavy atom. The molecule has 0 aromatic carbocycles. The molecule has 0 unspecified atom stereocenters. The predicted octanol–water partition coefficient (Wildman–Crippen LogP) is 7.63. The molecule has 0 aromatic rings. The maximum atomic E-state index is 6.21. The molecule has 0 bridgehead atoms. The van der Waals surface area contributed by atoms with Gasteiger partial charge in [0.25, 0.3) is 0 Å². The zero-order valence-electron chi connectivity index (χ0n) is 14.2. The van der Waals surface area contributed by atoms with Gasteiger partial charge in [-0.3, -0.25) is 0 Å². The number of hydrogen-bond acceptors (Lipinski definition) is 0. The molecule has 4 heteroatoms. The normalized spacial score (nSPS) is 10.8. The van der Waals surface area contributed by atoms with E-state index in [1.165, 1.54) is 72.4 Å². The van der Waals surface area contributed by atoms with Gasteiger partial charge >= 0.3 is 147 Å². The van der Waals surface area contributed by atoms with E-state index in [0.717, 1.165) is 0 Å². The van der Waals surface area contributed by atoms with Crippen molar-refractivity contribution >= 4 is 46.9 Å². The summed E-state index contributed by atoms with van der Waals surface area (Å²) in [6.45, 7) is 8.95. The molecule has 0 aliphatic rings. The molecule has 0 nitrogen and oxygen atoms in total. The van der Waals surface area contributed by atoms with Crippen LogP contribution in [0.3, 0.4) is 0 Å². The molecule has 0 saturated heterocycles. The average Bonchev–Trinajstić information content (AvgIpc) is 2.47. The van der Waals surface area contributed by atoms with Crippen LogP contribution in [-0.2, 0) is 0 Å². The van der Waals surface area contributed by atoms with Crippen LogP contribution in [0.4, 0.5) is 0 Å². The Balaban J connectivity index is 0. The molecule has 0 aliphatic carbocycles. The van der Waals surface area contributed by atoms with Crippen LogP contribution in [0.25, 0.3) is 0 Å². The zero-order chi connectivity index (χ0) is 15.6. The molecule has 0 heterocycles. The topological polar surface area (TPSA) is 0 Å². The molecule has 0 atom stereocenters. The van der Waals surface area contributed by atoms with Crippen LogP contribution in [-0.4, -0.2) is 26.8 Å². The molecule has 0 fully saturated rings. The van der Waals surface area contributed by atoms with Crippen LogP contribution in [0.15, 0.2) is 0 Å². The molecule has 0 N–H and O–H groups in total. The van der Waals surface area contributed by atoms with Crippen molar-refractivity contribution in [1.29, 1.82) is 0 Å². The average molecular weight is 445 g/mol. The Bertz CT molecular complexity index is 135. The van der Waals surface area contributed by atoms with Crippen LogP contribution in [0.2, 0.25) is 21.0 Å². The molecule has 20 heavy (non-hydrogen) atoms. The molecule has 0 aliphatic heterocycles. The van der Waals surface area contributed by atoms with Crippen molar-refractivity contribution in [2.75, 3.05) is 0 Å². The first-order chi connectivity index (χ1) is 9.62. The fourth-order valence-electron chi connectivity index (χ4n) is 1.72. The summed E-state index contributed by atoms with van der Waals surface area (Å²) in [7, 11) is 12.4. The third kappa shape index (κ3) is 22.0. The fourth-order valence-corrected chi connectivity index (χ4v) is 11.7. The van der Waals surface area contributed by atoms with E-state index in [9.17, 15) is 0 Å². The van der Waals surface area contributed by atoms with E-state index < -0.39 is 26.8 Å². The van der Waals surface area contributed by atoms with Gasteiger partial charge in [0.05, 0.1) is 0 Å². The second-order valence-corrected chi connectivity index (χ2v) is 19.5. The molecule has 2 radical (unpaired) electrons. The summed E-state index contributed by atoms with van der Waals surface area (Å²) in [6.07, 6.45) is 10.7. The fraction of sp³-hybridized carbons (Fsp3) is 1.00. The van der Waals surface area contributed by atoms with Crippen LogP contribution < -0.4 is 0 Å². The molecular weight excluding hydrogens is 408 g/mol. The van der Waals surface area contributed by atoms with Gasteiger partial charge in [-0.25, -0.2) is 0 Å². The number of unbranched alkanes of at least 4 members (excludes halogenated alkanes) is 4. The molecule has 0 amide bonds. The minimum absolute atomic E-state index is 1.01. The van der Waals surface area contributed by atoms with Gasteiger partial charge < -0.3 is 0 Å². The van der Waals surface area contributed by atoms with E-state index in [1.54, 1.807) is 0 Å². The quantitative estimate of drug-likeness (QED) is 0.271. The van der Waals surface area contributed by atoms with Crippen LogP contribution in [0.5, 0.6) is 0 Å². The van der Waals surface area contributed by atoms with Crippen LogP contribution in [0.1, 0.15) is 79.1 Å². The van der Waals surface area contributed by atoms with Crippen LogP contribution in [0, 0.1) is 0 Å². The third-order valence-electron chi connectivity index (χ3n) is 3.21. The van der Waals surface area contributed by atoms with Crippen molar-refractivity contribution in [2.45, 2.75) is 100 Å². The standard InChI is InChI=1S/2C8H18ClGe/c2*1-3-5-7-10(9)8-6-4-2/h2*3-8H2,1-2H3. The Kier molecular flexibility index (Phi) is 24.7. The Morgan fingerprint density at radius 1 is 0.500 bits per heavy atom. The van der Waals surface area contributed by atoms with E-state index in [4.69, 9.17) is 20.0 Å². The van der Waals surface area contributed by atoms with E-state index >= 15 is 0 Å². The first-order valence-corrected chi connectivity index (χ1v) is 20.1.